The van der Waals surface area contributed by atoms with Crippen LogP contribution in [0.25, 0.3) is 11.1 Å². The average Bonchev–Trinajstić information content (AvgIpc) is 3.13. The Kier molecular flexibility index (Phi) is 8.40. The average molecular weight is 453 g/mol. The molecule has 3 rings (SSSR count). The predicted octanol–water partition coefficient (Wildman–Crippen LogP) is 2.01. The van der Waals surface area contributed by atoms with E-state index >= 15 is 0 Å². The van der Waals surface area contributed by atoms with E-state index in [0.717, 1.165) is 22.3 Å². The summed E-state index contributed by atoms with van der Waals surface area (Å²) >= 11 is 0. The van der Waals surface area contributed by atoms with E-state index in [0.29, 0.717) is 19.4 Å². The van der Waals surface area contributed by atoms with Gasteiger partial charge in [-0.2, -0.15) is 0 Å². The van der Waals surface area contributed by atoms with E-state index in [1.165, 1.54) is 0 Å². The number of carbonyl (C=O) groups excluding carboxylic acids is 3. The molecule has 0 atom stereocenters. The highest BCUT2D eigenvalue weighted by Crippen LogP contribution is 2.44. The number of fused-ring (bicyclic) bond motifs is 3. The number of carboxylic acid groups (broad SMARTS) is 1. The number of hydrogen-bond donors (Lipinski definition) is 4. The molecule has 9 heteroatoms. The summed E-state index contributed by atoms with van der Waals surface area (Å²) in [6.07, 6.45) is 0.338. The first kappa shape index (κ1) is 23.8. The number of amides is 3. The Balaban J connectivity index is 1.35. The van der Waals surface area contributed by atoms with Crippen LogP contribution in [-0.2, 0) is 19.1 Å². The van der Waals surface area contributed by atoms with E-state index in [1.54, 1.807) is 0 Å². The molecule has 0 heterocycles. The molecule has 9 nitrogen and oxygen atoms in total. The Morgan fingerprint density at radius 3 is 2.00 bits per heavy atom. The summed E-state index contributed by atoms with van der Waals surface area (Å²) in [6.45, 7) is -0.0710. The van der Waals surface area contributed by atoms with E-state index in [1.807, 2.05) is 48.5 Å². The quantitative estimate of drug-likeness (QED) is 0.385. The lowest BCUT2D eigenvalue weighted by molar-refractivity contribution is -0.137. The number of benzene rings is 2. The maximum Gasteiger partial charge on any atom is 0.407 e. The van der Waals surface area contributed by atoms with Crippen molar-refractivity contribution in [1.82, 2.24) is 16.0 Å². The van der Waals surface area contributed by atoms with Gasteiger partial charge < -0.3 is 25.8 Å². The smallest absolute Gasteiger partial charge is 0.407 e. The lowest BCUT2D eigenvalue weighted by Gasteiger charge is -2.14. The number of rotatable bonds is 11. The van der Waals surface area contributed by atoms with Crippen LogP contribution in [0.5, 0.6) is 0 Å². The molecule has 0 aliphatic heterocycles. The van der Waals surface area contributed by atoms with Crippen molar-refractivity contribution in [3.05, 3.63) is 59.7 Å². The molecule has 0 saturated carbocycles. The van der Waals surface area contributed by atoms with E-state index in [4.69, 9.17) is 9.84 Å². The van der Waals surface area contributed by atoms with Crippen LogP contribution in [0.15, 0.2) is 48.5 Å². The monoisotopic (exact) mass is 453 g/mol. The van der Waals surface area contributed by atoms with Gasteiger partial charge in [0.05, 0.1) is 6.54 Å². The highest BCUT2D eigenvalue weighted by atomic mass is 16.5. The van der Waals surface area contributed by atoms with Crippen molar-refractivity contribution >= 4 is 23.9 Å². The minimum atomic E-state index is -0.877. The van der Waals surface area contributed by atoms with Crippen molar-refractivity contribution in [3.63, 3.8) is 0 Å². The van der Waals surface area contributed by atoms with Crippen molar-refractivity contribution in [3.8, 4) is 11.1 Å². The zero-order chi connectivity index (χ0) is 23.6. The van der Waals surface area contributed by atoms with Crippen molar-refractivity contribution < 1.29 is 29.0 Å². The Morgan fingerprint density at radius 2 is 1.36 bits per heavy atom. The van der Waals surface area contributed by atoms with Crippen LogP contribution in [0.2, 0.25) is 0 Å². The van der Waals surface area contributed by atoms with Gasteiger partial charge >= 0.3 is 12.1 Å². The molecule has 0 aromatic heterocycles. The molecule has 0 fully saturated rings. The third kappa shape index (κ3) is 6.80. The molecule has 0 saturated heterocycles. The maximum atomic E-state index is 12.1. The van der Waals surface area contributed by atoms with Crippen molar-refractivity contribution in [2.24, 2.45) is 0 Å². The fraction of sp³-hybridized carbons (Fsp3) is 0.333. The van der Waals surface area contributed by atoms with Gasteiger partial charge in [-0.25, -0.2) is 4.79 Å². The number of carboxylic acids is 1. The second-order valence-corrected chi connectivity index (χ2v) is 7.66. The molecule has 0 spiro atoms. The minimum absolute atomic E-state index is 0.0497. The van der Waals surface area contributed by atoms with Gasteiger partial charge in [-0.3, -0.25) is 14.4 Å². The van der Waals surface area contributed by atoms with Gasteiger partial charge in [-0.15, -0.1) is 0 Å². The van der Waals surface area contributed by atoms with Crippen LogP contribution in [0.1, 0.15) is 36.3 Å². The molecule has 1 aliphatic carbocycles. The Bertz CT molecular complexity index is 977. The highest BCUT2D eigenvalue weighted by Gasteiger charge is 2.29. The largest absolute Gasteiger partial charge is 0.481 e. The van der Waals surface area contributed by atoms with E-state index in [2.05, 4.69) is 16.0 Å². The van der Waals surface area contributed by atoms with E-state index in [9.17, 15) is 19.2 Å². The molecule has 0 radical (unpaired) electrons. The highest BCUT2D eigenvalue weighted by molar-refractivity contribution is 5.87. The first-order valence-corrected chi connectivity index (χ1v) is 10.8. The summed E-state index contributed by atoms with van der Waals surface area (Å²) in [5.74, 6) is -1.86. The predicted molar refractivity (Wildman–Crippen MR) is 121 cm³/mol. The topological polar surface area (TPSA) is 134 Å². The third-order valence-corrected chi connectivity index (χ3v) is 5.32. The summed E-state index contributed by atoms with van der Waals surface area (Å²) in [4.78, 5) is 46.0. The second-order valence-electron chi connectivity index (χ2n) is 7.66. The first-order chi connectivity index (χ1) is 16.0. The molecule has 0 bridgehead atoms. The normalized spacial score (nSPS) is 11.8. The summed E-state index contributed by atoms with van der Waals surface area (Å²) in [6, 6.07) is 16.0. The van der Waals surface area contributed by atoms with Crippen LogP contribution in [0.4, 0.5) is 4.79 Å². The number of aliphatic carboxylic acids is 1. The Hall–Kier alpha value is -3.88. The number of unbranched alkanes of at least 4 members (excludes halogenated alkanes) is 1. The number of carbonyl (C=O) groups is 4. The standard InChI is InChI=1S/C24H27N3O6/c28-21(25-12-6-5-11-23(30)31)13-26-22(29)14-27-24(32)33-15-20-18-9-3-1-7-16(18)17-8-2-4-10-19(17)20/h1-4,7-10,20H,5-6,11-15H2,(H,25,28)(H,26,29)(H,27,32)(H,30,31). The lowest BCUT2D eigenvalue weighted by atomic mass is 9.98. The van der Waals surface area contributed by atoms with Gasteiger partial charge in [0.15, 0.2) is 0 Å². The van der Waals surface area contributed by atoms with E-state index < -0.39 is 18.0 Å². The van der Waals surface area contributed by atoms with Crippen molar-refractivity contribution in [2.45, 2.75) is 25.2 Å². The summed E-state index contributed by atoms with van der Waals surface area (Å²) in [7, 11) is 0. The summed E-state index contributed by atoms with van der Waals surface area (Å²) in [5, 5.41) is 15.9. The van der Waals surface area contributed by atoms with Crippen LogP contribution < -0.4 is 16.0 Å². The van der Waals surface area contributed by atoms with Crippen LogP contribution >= 0.6 is 0 Å². The maximum absolute atomic E-state index is 12.1. The molecule has 1 aliphatic rings. The molecule has 2 aromatic rings. The summed E-state index contributed by atoms with van der Waals surface area (Å²) < 4.78 is 5.36. The Labute approximate surface area is 191 Å². The number of hydrogen-bond acceptors (Lipinski definition) is 5. The molecule has 2 aromatic carbocycles. The molecule has 4 N–H and O–H groups in total. The van der Waals surface area contributed by atoms with Gasteiger partial charge in [0.1, 0.15) is 13.2 Å². The first-order valence-electron chi connectivity index (χ1n) is 10.8. The van der Waals surface area contributed by atoms with Gasteiger partial charge in [0.25, 0.3) is 0 Å². The summed E-state index contributed by atoms with van der Waals surface area (Å²) in [5.41, 5.74) is 4.44. The molecule has 174 valence electrons. The third-order valence-electron chi connectivity index (χ3n) is 5.32. The number of alkyl carbamates (subject to hydrolysis) is 1. The second kappa shape index (κ2) is 11.7. The van der Waals surface area contributed by atoms with Crippen LogP contribution in [-0.4, -0.2) is 55.2 Å². The van der Waals surface area contributed by atoms with Crippen molar-refractivity contribution in [2.75, 3.05) is 26.2 Å². The van der Waals surface area contributed by atoms with Crippen LogP contribution in [0.3, 0.4) is 0 Å². The lowest BCUT2D eigenvalue weighted by Crippen LogP contribution is -2.42. The van der Waals surface area contributed by atoms with E-state index in [-0.39, 0.29) is 37.9 Å². The van der Waals surface area contributed by atoms with Crippen molar-refractivity contribution in [1.29, 1.82) is 0 Å². The fourth-order valence-electron chi connectivity index (χ4n) is 3.73. The van der Waals surface area contributed by atoms with Crippen LogP contribution in [0, 0.1) is 0 Å². The molecule has 0 unspecified atom stereocenters. The SMILES string of the molecule is O=C(O)CCCCNC(=O)CNC(=O)CNC(=O)OCC1c2ccccc2-c2ccccc21. The van der Waals surface area contributed by atoms with Gasteiger partial charge in [0, 0.05) is 18.9 Å². The molecule has 3 amide bonds. The van der Waals surface area contributed by atoms with Gasteiger partial charge in [-0.05, 0) is 35.1 Å². The number of nitrogens with one attached hydrogen (secondary N) is 3. The van der Waals surface area contributed by atoms with Gasteiger partial charge in [0.2, 0.25) is 11.8 Å². The zero-order valence-corrected chi connectivity index (χ0v) is 18.1. The Morgan fingerprint density at radius 1 is 0.788 bits per heavy atom. The zero-order valence-electron chi connectivity index (χ0n) is 18.1. The molecule has 33 heavy (non-hydrogen) atoms. The minimum Gasteiger partial charge on any atom is -0.481 e. The molecular formula is C24H27N3O6. The van der Waals surface area contributed by atoms with Gasteiger partial charge in [-0.1, -0.05) is 48.5 Å². The number of ether oxygens (including phenoxy) is 1. The fourth-order valence-corrected chi connectivity index (χ4v) is 3.73. The molecular weight excluding hydrogens is 426 g/mol.